The number of hydrogen-bond donors (Lipinski definition) is 4. The van der Waals surface area contributed by atoms with Crippen LogP contribution in [0.2, 0.25) is 0 Å². The molecule has 7 heteroatoms. The molecule has 0 spiro atoms. The lowest BCUT2D eigenvalue weighted by Crippen LogP contribution is -2.47. The van der Waals surface area contributed by atoms with Crippen LogP contribution in [-0.4, -0.2) is 27.8 Å². The highest BCUT2D eigenvalue weighted by Gasteiger charge is 2.41. The van der Waals surface area contributed by atoms with Crippen molar-refractivity contribution in [1.29, 1.82) is 0 Å². The van der Waals surface area contributed by atoms with Crippen LogP contribution < -0.4 is 11.5 Å². The quantitative estimate of drug-likeness (QED) is 0.278. The van der Waals surface area contributed by atoms with E-state index in [9.17, 15) is 10.2 Å². The van der Waals surface area contributed by atoms with Crippen molar-refractivity contribution < 1.29 is 15.7 Å². The summed E-state index contributed by atoms with van der Waals surface area (Å²) in [5, 5.41) is 19.5. The Bertz CT molecular complexity index is 1120. The summed E-state index contributed by atoms with van der Waals surface area (Å²) >= 11 is 0. The van der Waals surface area contributed by atoms with Crippen molar-refractivity contribution in [3.63, 3.8) is 0 Å². The Balaban J connectivity index is 0.000000254. The fraction of sp³-hybridized carbons (Fsp3) is 0.500. The highest BCUT2D eigenvalue weighted by molar-refractivity contribution is 5.85. The number of phenols is 2. The maximum absolute atomic E-state index is 9.75. The van der Waals surface area contributed by atoms with Crippen molar-refractivity contribution in [1.82, 2.24) is 0 Å². The van der Waals surface area contributed by atoms with Crippen LogP contribution in [-0.2, 0) is 10.8 Å². The fourth-order valence-corrected chi connectivity index (χ4v) is 7.09. The van der Waals surface area contributed by atoms with Crippen LogP contribution in [0.4, 0.5) is 0 Å². The predicted octanol–water partition coefficient (Wildman–Crippen LogP) is 6.70. The molecular formula is C32H46Cl2N2O3. The number of benzene rings is 2. The molecule has 8 N–H and O–H groups in total. The van der Waals surface area contributed by atoms with Gasteiger partial charge in [-0.25, -0.2) is 0 Å². The van der Waals surface area contributed by atoms with Gasteiger partial charge in [0, 0.05) is 22.9 Å². The second kappa shape index (κ2) is 13.1. The highest BCUT2D eigenvalue weighted by Crippen LogP contribution is 2.46. The van der Waals surface area contributed by atoms with Gasteiger partial charge in [-0.1, -0.05) is 75.0 Å². The van der Waals surface area contributed by atoms with E-state index in [1.807, 2.05) is 24.3 Å². The van der Waals surface area contributed by atoms with E-state index in [1.165, 1.54) is 71.9 Å². The van der Waals surface area contributed by atoms with Gasteiger partial charge in [-0.3, -0.25) is 0 Å². The van der Waals surface area contributed by atoms with Crippen LogP contribution in [0.5, 0.6) is 11.5 Å². The molecule has 2 fully saturated rings. The van der Waals surface area contributed by atoms with Crippen LogP contribution in [0, 0.1) is 0 Å². The average Bonchev–Trinajstić information content (AvgIpc) is 2.85. The Labute approximate surface area is 245 Å². The first-order valence-corrected chi connectivity index (χ1v) is 13.8. The van der Waals surface area contributed by atoms with Gasteiger partial charge in [0.1, 0.15) is 11.5 Å². The molecule has 0 amide bonds. The van der Waals surface area contributed by atoms with Crippen LogP contribution >= 0.6 is 24.8 Å². The lowest BCUT2D eigenvalue weighted by Gasteiger charge is -2.43. The number of hydrogen-bond acceptors (Lipinski definition) is 4. The number of rotatable bonds is 0. The molecule has 4 aliphatic rings. The molecule has 4 atom stereocenters. The van der Waals surface area contributed by atoms with Crippen LogP contribution in [0.1, 0.15) is 100 Å². The molecule has 4 bridgehead atoms. The van der Waals surface area contributed by atoms with Gasteiger partial charge >= 0.3 is 0 Å². The molecule has 6 rings (SSSR count). The van der Waals surface area contributed by atoms with Crippen LogP contribution in [0.15, 0.2) is 47.5 Å². The van der Waals surface area contributed by atoms with E-state index < -0.39 is 0 Å². The summed E-state index contributed by atoms with van der Waals surface area (Å²) in [6.07, 6.45) is 16.5. The Morgan fingerprint density at radius 2 is 1.03 bits per heavy atom. The smallest absolute Gasteiger partial charge is 0.115 e. The normalized spacial score (nSPS) is 28.6. The Hall–Kier alpha value is -2.02. The third-order valence-electron chi connectivity index (χ3n) is 9.48. The predicted molar refractivity (Wildman–Crippen MR) is 167 cm³/mol. The molecule has 0 saturated heterocycles. The minimum Gasteiger partial charge on any atom is -0.508 e. The summed E-state index contributed by atoms with van der Waals surface area (Å²) in [4.78, 5) is 0. The molecule has 39 heavy (non-hydrogen) atoms. The molecule has 0 heterocycles. The van der Waals surface area contributed by atoms with E-state index in [4.69, 9.17) is 11.5 Å². The summed E-state index contributed by atoms with van der Waals surface area (Å²) < 4.78 is 0. The first-order chi connectivity index (χ1) is 17.2. The molecule has 2 aromatic rings. The minimum atomic E-state index is -0.0153. The Morgan fingerprint density at radius 3 is 1.41 bits per heavy atom. The largest absolute Gasteiger partial charge is 0.508 e. The standard InChI is InChI=1S/2C16H21NO.2ClH.H2O/c2*1-16-8-4-2-3-5-12(15(16)17)9-11-6-7-13(18)10-14(11)16;;;/h2*6-7,9-10,15,18H,2-5,8,17H2,1H3;2*1H;1H2. The molecule has 2 aromatic carbocycles. The van der Waals surface area contributed by atoms with Crippen molar-refractivity contribution in [3.05, 3.63) is 69.8 Å². The van der Waals surface area contributed by atoms with Crippen molar-refractivity contribution in [2.75, 3.05) is 0 Å². The maximum Gasteiger partial charge on any atom is 0.115 e. The van der Waals surface area contributed by atoms with Crippen molar-refractivity contribution >= 4 is 37.0 Å². The summed E-state index contributed by atoms with van der Waals surface area (Å²) in [7, 11) is 0. The molecule has 4 aliphatic carbocycles. The lowest BCUT2D eigenvalue weighted by atomic mass is 9.64. The second-order valence-electron chi connectivity index (χ2n) is 11.9. The zero-order chi connectivity index (χ0) is 25.5. The van der Waals surface area contributed by atoms with Gasteiger partial charge in [-0.05, 0) is 85.0 Å². The Kier molecular flexibility index (Phi) is 11.1. The van der Waals surface area contributed by atoms with Gasteiger partial charge in [0.25, 0.3) is 0 Å². The second-order valence-corrected chi connectivity index (χ2v) is 11.9. The molecule has 216 valence electrons. The SMILES string of the molecule is CC12CCCCCC(=Cc3ccc(O)cc31)C2N.CC12CCCCCC(=Cc3ccc(O)cc31)C2N.Cl.Cl.O. The number of phenolic OH excluding ortho intramolecular Hbond substituents is 2. The topological polar surface area (TPSA) is 124 Å². The summed E-state index contributed by atoms with van der Waals surface area (Å²) in [5.41, 5.74) is 20.7. The number of fused-ring (bicyclic) bond motifs is 8. The van der Waals surface area contributed by atoms with Gasteiger partial charge in [-0.15, -0.1) is 24.8 Å². The highest BCUT2D eigenvalue weighted by atomic mass is 35.5. The first-order valence-electron chi connectivity index (χ1n) is 13.8. The number of halogens is 2. The van der Waals surface area contributed by atoms with E-state index >= 15 is 0 Å². The minimum absolute atomic E-state index is 0. The van der Waals surface area contributed by atoms with E-state index in [1.54, 1.807) is 12.1 Å². The zero-order valence-electron chi connectivity index (χ0n) is 23.2. The lowest BCUT2D eigenvalue weighted by molar-refractivity contribution is 0.335. The van der Waals surface area contributed by atoms with Crippen molar-refractivity contribution in [2.24, 2.45) is 11.5 Å². The van der Waals surface area contributed by atoms with Gasteiger partial charge in [0.05, 0.1) is 0 Å². The zero-order valence-corrected chi connectivity index (χ0v) is 24.8. The Morgan fingerprint density at radius 1 is 0.641 bits per heavy atom. The molecule has 2 saturated carbocycles. The summed E-state index contributed by atoms with van der Waals surface area (Å²) in [5.74, 6) is 0.696. The van der Waals surface area contributed by atoms with Crippen LogP contribution in [0.25, 0.3) is 12.2 Å². The van der Waals surface area contributed by atoms with Gasteiger partial charge in [0.15, 0.2) is 0 Å². The van der Waals surface area contributed by atoms with Gasteiger partial charge in [-0.2, -0.15) is 0 Å². The van der Waals surface area contributed by atoms with Gasteiger partial charge < -0.3 is 27.2 Å². The van der Waals surface area contributed by atoms with Crippen LogP contribution in [0.3, 0.4) is 0 Å². The number of nitrogens with two attached hydrogens (primary N) is 2. The summed E-state index contributed by atoms with van der Waals surface area (Å²) in [6, 6.07) is 11.6. The monoisotopic (exact) mass is 576 g/mol. The molecule has 4 unspecified atom stereocenters. The van der Waals surface area contributed by atoms with E-state index in [-0.39, 0.29) is 53.2 Å². The molecule has 0 aromatic heterocycles. The van der Waals surface area contributed by atoms with Gasteiger partial charge in [0.2, 0.25) is 0 Å². The maximum atomic E-state index is 9.75. The molecule has 0 radical (unpaired) electrons. The van der Waals surface area contributed by atoms with E-state index in [0.29, 0.717) is 11.5 Å². The fourth-order valence-electron chi connectivity index (χ4n) is 7.09. The summed E-state index contributed by atoms with van der Waals surface area (Å²) in [6.45, 7) is 4.52. The first kappa shape index (κ1) is 33.2. The molecule has 0 aliphatic heterocycles. The van der Waals surface area contributed by atoms with E-state index in [2.05, 4.69) is 26.0 Å². The van der Waals surface area contributed by atoms with Crippen molar-refractivity contribution in [2.45, 2.75) is 101 Å². The molecular weight excluding hydrogens is 531 g/mol. The third-order valence-corrected chi connectivity index (χ3v) is 9.48. The van der Waals surface area contributed by atoms with E-state index in [0.717, 1.165) is 25.7 Å². The average molecular weight is 578 g/mol. The molecule has 5 nitrogen and oxygen atoms in total. The third kappa shape index (κ3) is 6.18. The number of aromatic hydroxyl groups is 2. The van der Waals surface area contributed by atoms with Crippen molar-refractivity contribution in [3.8, 4) is 11.5 Å².